The quantitative estimate of drug-likeness (QED) is 0.560. The SMILES string of the molecule is C#CCOCC1CCC(NC(=O)c2cnc3cc(OC(F)F)c(F)cc3c2)CC1. The standard InChI is InChI=1S/C21H21F3N2O3/c1-2-7-28-12-13-3-5-16(6-4-13)26-20(27)15-8-14-9-17(22)19(29-21(23)24)10-18(14)25-11-15/h1,8-11,13,16,21H,3-7,12H2,(H,26,27). The summed E-state index contributed by atoms with van der Waals surface area (Å²) < 4.78 is 48.1. The summed E-state index contributed by atoms with van der Waals surface area (Å²) in [5.41, 5.74) is 0.532. The van der Waals surface area contributed by atoms with Crippen molar-refractivity contribution in [1.82, 2.24) is 10.3 Å². The Labute approximate surface area is 166 Å². The molecular formula is C21H21F3N2O3. The van der Waals surface area contributed by atoms with Crippen LogP contribution in [0.4, 0.5) is 13.2 Å². The molecule has 0 atom stereocenters. The van der Waals surface area contributed by atoms with E-state index in [2.05, 4.69) is 21.0 Å². The van der Waals surface area contributed by atoms with Crippen molar-refractivity contribution in [2.45, 2.75) is 38.3 Å². The first-order valence-corrected chi connectivity index (χ1v) is 9.32. The first kappa shape index (κ1) is 20.9. The van der Waals surface area contributed by atoms with Gasteiger partial charge in [-0.2, -0.15) is 8.78 Å². The third kappa shape index (κ3) is 5.61. The highest BCUT2D eigenvalue weighted by Crippen LogP contribution is 2.27. The molecule has 3 rings (SSSR count). The van der Waals surface area contributed by atoms with Crippen LogP contribution in [0.5, 0.6) is 5.75 Å². The number of alkyl halides is 2. The Morgan fingerprint density at radius 1 is 1.28 bits per heavy atom. The van der Waals surface area contributed by atoms with Gasteiger partial charge in [0.15, 0.2) is 11.6 Å². The largest absolute Gasteiger partial charge is 0.432 e. The number of pyridine rings is 1. The van der Waals surface area contributed by atoms with Crippen LogP contribution in [0.15, 0.2) is 24.4 Å². The molecule has 1 aliphatic rings. The van der Waals surface area contributed by atoms with Crippen LogP contribution in [-0.4, -0.2) is 36.8 Å². The molecule has 0 aliphatic heterocycles. The molecule has 5 nitrogen and oxygen atoms in total. The highest BCUT2D eigenvalue weighted by Gasteiger charge is 2.23. The van der Waals surface area contributed by atoms with Crippen molar-refractivity contribution in [3.63, 3.8) is 0 Å². The van der Waals surface area contributed by atoms with Gasteiger partial charge in [0.25, 0.3) is 5.91 Å². The number of hydrogen-bond donors (Lipinski definition) is 1. The molecule has 0 radical (unpaired) electrons. The first-order valence-electron chi connectivity index (χ1n) is 9.32. The maximum Gasteiger partial charge on any atom is 0.387 e. The minimum absolute atomic E-state index is 0.0423. The van der Waals surface area contributed by atoms with Crippen LogP contribution < -0.4 is 10.1 Å². The van der Waals surface area contributed by atoms with Crippen LogP contribution in [0.3, 0.4) is 0 Å². The summed E-state index contributed by atoms with van der Waals surface area (Å²) in [6.45, 7) is -2.20. The van der Waals surface area contributed by atoms with Crippen LogP contribution in [0.1, 0.15) is 36.0 Å². The number of terminal acetylenes is 1. The average Bonchev–Trinajstić information content (AvgIpc) is 2.69. The molecule has 1 heterocycles. The highest BCUT2D eigenvalue weighted by atomic mass is 19.3. The number of nitrogens with zero attached hydrogens (tertiary/aromatic N) is 1. The fraction of sp³-hybridized carbons (Fsp3) is 0.429. The van der Waals surface area contributed by atoms with Gasteiger partial charge in [-0.15, -0.1) is 6.42 Å². The van der Waals surface area contributed by atoms with Crippen molar-refractivity contribution in [3.05, 3.63) is 35.8 Å². The van der Waals surface area contributed by atoms with Gasteiger partial charge in [-0.05, 0) is 43.7 Å². The molecule has 0 unspecified atom stereocenters. The van der Waals surface area contributed by atoms with Crippen molar-refractivity contribution in [2.24, 2.45) is 5.92 Å². The minimum Gasteiger partial charge on any atom is -0.432 e. The Balaban J connectivity index is 1.60. The molecule has 0 spiro atoms. The number of amides is 1. The van der Waals surface area contributed by atoms with E-state index in [9.17, 15) is 18.0 Å². The van der Waals surface area contributed by atoms with E-state index in [-0.39, 0.29) is 23.0 Å². The molecule has 1 amide bonds. The monoisotopic (exact) mass is 406 g/mol. The predicted octanol–water partition coefficient (Wildman–Crippen LogP) is 3.91. The van der Waals surface area contributed by atoms with E-state index in [4.69, 9.17) is 11.2 Å². The van der Waals surface area contributed by atoms with E-state index < -0.39 is 18.2 Å². The Hall–Kier alpha value is -2.79. The lowest BCUT2D eigenvalue weighted by Crippen LogP contribution is -2.38. The van der Waals surface area contributed by atoms with Gasteiger partial charge < -0.3 is 14.8 Å². The van der Waals surface area contributed by atoms with E-state index >= 15 is 0 Å². The molecule has 8 heteroatoms. The van der Waals surface area contributed by atoms with Gasteiger partial charge in [0.05, 0.1) is 17.7 Å². The van der Waals surface area contributed by atoms with Gasteiger partial charge in [-0.25, -0.2) is 4.39 Å². The number of nitrogens with one attached hydrogen (secondary N) is 1. The summed E-state index contributed by atoms with van der Waals surface area (Å²) in [6, 6.07) is 3.63. The Morgan fingerprint density at radius 2 is 2.03 bits per heavy atom. The average molecular weight is 406 g/mol. The van der Waals surface area contributed by atoms with E-state index in [1.807, 2.05) is 0 Å². The normalized spacial score (nSPS) is 19.1. The lowest BCUT2D eigenvalue weighted by Gasteiger charge is -2.28. The summed E-state index contributed by atoms with van der Waals surface area (Å²) in [6.07, 6.45) is 10.0. The van der Waals surface area contributed by atoms with Crippen molar-refractivity contribution in [1.29, 1.82) is 0 Å². The zero-order chi connectivity index (χ0) is 20.8. The number of carbonyl (C=O) groups is 1. The van der Waals surface area contributed by atoms with Crippen molar-refractivity contribution in [2.75, 3.05) is 13.2 Å². The van der Waals surface area contributed by atoms with Crippen molar-refractivity contribution < 1.29 is 27.4 Å². The molecule has 1 fully saturated rings. The molecule has 1 aromatic heterocycles. The number of halogens is 3. The lowest BCUT2D eigenvalue weighted by atomic mass is 9.86. The number of benzene rings is 1. The van der Waals surface area contributed by atoms with E-state index in [0.29, 0.717) is 24.5 Å². The minimum atomic E-state index is -3.13. The molecule has 1 aliphatic carbocycles. The second-order valence-electron chi connectivity index (χ2n) is 6.99. The molecule has 2 aromatic rings. The number of rotatable bonds is 7. The summed E-state index contributed by atoms with van der Waals surface area (Å²) in [5.74, 6) is 1.04. The molecule has 0 saturated heterocycles. The predicted molar refractivity (Wildman–Crippen MR) is 101 cm³/mol. The van der Waals surface area contributed by atoms with Gasteiger partial charge in [-0.3, -0.25) is 9.78 Å². The highest BCUT2D eigenvalue weighted by molar-refractivity contribution is 5.97. The number of ether oxygens (including phenoxy) is 2. The number of fused-ring (bicyclic) bond motifs is 1. The fourth-order valence-corrected chi connectivity index (χ4v) is 3.47. The van der Waals surface area contributed by atoms with Crippen molar-refractivity contribution in [3.8, 4) is 18.1 Å². The molecule has 0 bridgehead atoms. The van der Waals surface area contributed by atoms with Crippen LogP contribution in [0, 0.1) is 24.1 Å². The number of hydrogen-bond acceptors (Lipinski definition) is 4. The molecule has 1 aromatic carbocycles. The summed E-state index contributed by atoms with van der Waals surface area (Å²) in [7, 11) is 0. The third-order valence-electron chi connectivity index (χ3n) is 4.93. The molecular weight excluding hydrogens is 385 g/mol. The Kier molecular flexibility index (Phi) is 6.94. The van der Waals surface area contributed by atoms with Crippen LogP contribution in [0.25, 0.3) is 10.9 Å². The summed E-state index contributed by atoms with van der Waals surface area (Å²) in [5, 5.41) is 3.30. The van der Waals surface area contributed by atoms with E-state index in [0.717, 1.165) is 37.8 Å². The second-order valence-corrected chi connectivity index (χ2v) is 6.99. The van der Waals surface area contributed by atoms with Crippen molar-refractivity contribution >= 4 is 16.8 Å². The number of aromatic nitrogens is 1. The lowest BCUT2D eigenvalue weighted by molar-refractivity contribution is -0.0520. The maximum atomic E-state index is 13.9. The molecule has 1 N–H and O–H groups in total. The molecule has 1 saturated carbocycles. The Morgan fingerprint density at radius 3 is 2.72 bits per heavy atom. The third-order valence-corrected chi connectivity index (χ3v) is 4.93. The van der Waals surface area contributed by atoms with Gasteiger partial charge in [0.1, 0.15) is 6.61 Å². The number of carbonyl (C=O) groups excluding carboxylic acids is 1. The van der Waals surface area contributed by atoms with E-state index in [1.165, 1.54) is 12.3 Å². The van der Waals surface area contributed by atoms with Crippen LogP contribution in [-0.2, 0) is 4.74 Å². The fourth-order valence-electron chi connectivity index (χ4n) is 3.47. The second kappa shape index (κ2) is 9.61. The molecule has 29 heavy (non-hydrogen) atoms. The van der Waals surface area contributed by atoms with E-state index in [1.54, 1.807) is 0 Å². The Bertz CT molecular complexity index is 906. The van der Waals surface area contributed by atoms with Crippen LogP contribution >= 0.6 is 0 Å². The summed E-state index contributed by atoms with van der Waals surface area (Å²) in [4.78, 5) is 16.6. The zero-order valence-corrected chi connectivity index (χ0v) is 15.7. The van der Waals surface area contributed by atoms with Gasteiger partial charge >= 0.3 is 6.61 Å². The van der Waals surface area contributed by atoms with Gasteiger partial charge in [0.2, 0.25) is 0 Å². The molecule has 154 valence electrons. The maximum absolute atomic E-state index is 13.9. The van der Waals surface area contributed by atoms with Gasteiger partial charge in [0, 0.05) is 23.7 Å². The van der Waals surface area contributed by atoms with Crippen LogP contribution in [0.2, 0.25) is 0 Å². The zero-order valence-electron chi connectivity index (χ0n) is 15.7. The summed E-state index contributed by atoms with van der Waals surface area (Å²) >= 11 is 0. The smallest absolute Gasteiger partial charge is 0.387 e. The van der Waals surface area contributed by atoms with Gasteiger partial charge in [-0.1, -0.05) is 5.92 Å². The first-order chi connectivity index (χ1) is 14.0. The topological polar surface area (TPSA) is 60.5 Å².